The van der Waals surface area contributed by atoms with E-state index in [-0.39, 0.29) is 0 Å². The van der Waals surface area contributed by atoms with Crippen molar-refractivity contribution in [1.29, 1.82) is 0 Å². The van der Waals surface area contributed by atoms with E-state index in [2.05, 4.69) is 5.32 Å². The highest BCUT2D eigenvalue weighted by molar-refractivity contribution is 6.35. The topological polar surface area (TPSA) is 21.3 Å². The monoisotopic (exact) mass is 261 g/mol. The molecule has 0 bridgehead atoms. The standard InChI is InChI=1S/C12H17Cl2NO/c1-2-16-8-7-15-6-5-10-3-4-11(13)9-12(10)14/h3-4,9,15H,2,5-8H2,1H3. The van der Waals surface area contributed by atoms with Gasteiger partial charge in [0.1, 0.15) is 0 Å². The number of ether oxygens (including phenoxy) is 1. The molecule has 2 nitrogen and oxygen atoms in total. The second-order valence-electron chi connectivity index (χ2n) is 3.43. The van der Waals surface area contributed by atoms with Gasteiger partial charge in [0, 0.05) is 23.2 Å². The molecule has 1 N–H and O–H groups in total. The van der Waals surface area contributed by atoms with Gasteiger partial charge < -0.3 is 10.1 Å². The summed E-state index contributed by atoms with van der Waals surface area (Å²) in [6.07, 6.45) is 0.905. The van der Waals surface area contributed by atoms with Crippen LogP contribution in [0.4, 0.5) is 0 Å². The summed E-state index contributed by atoms with van der Waals surface area (Å²) < 4.78 is 5.22. The Hall–Kier alpha value is -0.280. The third kappa shape index (κ3) is 5.17. The molecule has 0 atom stereocenters. The summed E-state index contributed by atoms with van der Waals surface area (Å²) in [7, 11) is 0. The SMILES string of the molecule is CCOCCNCCc1ccc(Cl)cc1Cl. The van der Waals surface area contributed by atoms with Crippen molar-refractivity contribution in [2.45, 2.75) is 13.3 Å². The quantitative estimate of drug-likeness (QED) is 0.762. The summed E-state index contributed by atoms with van der Waals surface area (Å²) in [5.74, 6) is 0. The van der Waals surface area contributed by atoms with E-state index in [9.17, 15) is 0 Å². The van der Waals surface area contributed by atoms with Crippen LogP contribution in [0.25, 0.3) is 0 Å². The summed E-state index contributed by atoms with van der Waals surface area (Å²) in [6, 6.07) is 5.61. The fourth-order valence-corrected chi connectivity index (χ4v) is 1.86. The fraction of sp³-hybridized carbons (Fsp3) is 0.500. The highest BCUT2D eigenvalue weighted by Crippen LogP contribution is 2.20. The highest BCUT2D eigenvalue weighted by Gasteiger charge is 2.00. The maximum atomic E-state index is 6.06. The molecule has 0 aliphatic rings. The average Bonchev–Trinajstić information content (AvgIpc) is 2.26. The van der Waals surface area contributed by atoms with Crippen LogP contribution in [-0.2, 0) is 11.2 Å². The van der Waals surface area contributed by atoms with Gasteiger partial charge >= 0.3 is 0 Å². The molecule has 90 valence electrons. The summed E-state index contributed by atoms with van der Waals surface area (Å²) in [4.78, 5) is 0. The number of hydrogen-bond donors (Lipinski definition) is 1. The molecule has 4 heteroatoms. The Bertz CT molecular complexity index is 318. The number of nitrogens with one attached hydrogen (secondary N) is 1. The van der Waals surface area contributed by atoms with E-state index in [1.807, 2.05) is 19.1 Å². The van der Waals surface area contributed by atoms with Gasteiger partial charge in [0.15, 0.2) is 0 Å². The zero-order valence-electron chi connectivity index (χ0n) is 9.43. The molecule has 0 heterocycles. The number of benzene rings is 1. The molecule has 0 aliphatic carbocycles. The Morgan fingerprint density at radius 2 is 2.06 bits per heavy atom. The summed E-state index contributed by atoms with van der Waals surface area (Å²) >= 11 is 11.9. The van der Waals surface area contributed by atoms with Gasteiger partial charge in [-0.1, -0.05) is 29.3 Å². The van der Waals surface area contributed by atoms with Crippen LogP contribution in [0.2, 0.25) is 10.0 Å². The number of halogens is 2. The Morgan fingerprint density at radius 1 is 1.25 bits per heavy atom. The van der Waals surface area contributed by atoms with Crippen molar-refractivity contribution in [2.24, 2.45) is 0 Å². The van der Waals surface area contributed by atoms with Crippen LogP contribution in [0.5, 0.6) is 0 Å². The minimum atomic E-state index is 0.679. The van der Waals surface area contributed by atoms with Crippen LogP contribution in [0, 0.1) is 0 Å². The first kappa shape index (κ1) is 13.8. The molecule has 0 fully saturated rings. The van der Waals surface area contributed by atoms with E-state index in [0.717, 1.165) is 43.3 Å². The van der Waals surface area contributed by atoms with Crippen molar-refractivity contribution < 1.29 is 4.74 Å². The predicted octanol–water partition coefficient (Wildman–Crippen LogP) is 3.16. The molecule has 1 aromatic rings. The van der Waals surface area contributed by atoms with E-state index in [1.165, 1.54) is 0 Å². The van der Waals surface area contributed by atoms with Gasteiger partial charge in [-0.2, -0.15) is 0 Å². The summed E-state index contributed by atoms with van der Waals surface area (Å²) in [5.41, 5.74) is 1.12. The molecule has 0 amide bonds. The van der Waals surface area contributed by atoms with Gasteiger partial charge in [0.25, 0.3) is 0 Å². The molecule has 0 aromatic heterocycles. The third-order valence-corrected chi connectivity index (χ3v) is 2.80. The molecule has 0 radical (unpaired) electrons. The molecule has 1 aromatic carbocycles. The van der Waals surface area contributed by atoms with Crippen LogP contribution in [0.15, 0.2) is 18.2 Å². The smallest absolute Gasteiger partial charge is 0.0590 e. The lowest BCUT2D eigenvalue weighted by atomic mass is 10.1. The van der Waals surface area contributed by atoms with Crippen molar-refractivity contribution in [3.8, 4) is 0 Å². The Labute approximate surface area is 107 Å². The molecule has 0 unspecified atom stereocenters. The molecule has 0 saturated heterocycles. The van der Waals surface area contributed by atoms with Crippen molar-refractivity contribution in [1.82, 2.24) is 5.32 Å². The van der Waals surface area contributed by atoms with E-state index >= 15 is 0 Å². The van der Waals surface area contributed by atoms with Gasteiger partial charge in [0.05, 0.1) is 6.61 Å². The molecular formula is C12H17Cl2NO. The second kappa shape index (κ2) is 7.91. The lowest BCUT2D eigenvalue weighted by molar-refractivity contribution is 0.149. The van der Waals surface area contributed by atoms with Gasteiger partial charge in [-0.3, -0.25) is 0 Å². The van der Waals surface area contributed by atoms with E-state index in [4.69, 9.17) is 27.9 Å². The lowest BCUT2D eigenvalue weighted by Crippen LogP contribution is -2.22. The summed E-state index contributed by atoms with van der Waals surface area (Å²) in [5, 5.41) is 4.71. The predicted molar refractivity (Wildman–Crippen MR) is 69.5 cm³/mol. The summed E-state index contributed by atoms with van der Waals surface area (Å²) in [6.45, 7) is 5.29. The van der Waals surface area contributed by atoms with Gasteiger partial charge in [-0.05, 0) is 37.6 Å². The Kier molecular flexibility index (Phi) is 6.81. The Morgan fingerprint density at radius 3 is 2.75 bits per heavy atom. The van der Waals surface area contributed by atoms with E-state index in [0.29, 0.717) is 5.02 Å². The first-order valence-corrected chi connectivity index (χ1v) is 6.22. The Balaban J connectivity index is 2.21. The van der Waals surface area contributed by atoms with Gasteiger partial charge in [-0.25, -0.2) is 0 Å². The zero-order valence-corrected chi connectivity index (χ0v) is 10.9. The number of hydrogen-bond acceptors (Lipinski definition) is 2. The van der Waals surface area contributed by atoms with Crippen molar-refractivity contribution in [2.75, 3.05) is 26.3 Å². The zero-order chi connectivity index (χ0) is 11.8. The average molecular weight is 262 g/mol. The first-order valence-electron chi connectivity index (χ1n) is 5.46. The molecule has 0 saturated carbocycles. The second-order valence-corrected chi connectivity index (χ2v) is 4.28. The van der Waals surface area contributed by atoms with Crippen LogP contribution >= 0.6 is 23.2 Å². The van der Waals surface area contributed by atoms with Gasteiger partial charge in [-0.15, -0.1) is 0 Å². The van der Waals surface area contributed by atoms with Crippen LogP contribution < -0.4 is 5.32 Å². The first-order chi connectivity index (χ1) is 7.74. The maximum Gasteiger partial charge on any atom is 0.0590 e. The fourth-order valence-electron chi connectivity index (χ4n) is 1.36. The van der Waals surface area contributed by atoms with E-state index < -0.39 is 0 Å². The third-order valence-electron chi connectivity index (χ3n) is 2.21. The van der Waals surface area contributed by atoms with Crippen LogP contribution in [0.3, 0.4) is 0 Å². The lowest BCUT2D eigenvalue weighted by Gasteiger charge is -2.06. The molecular weight excluding hydrogens is 245 g/mol. The molecule has 0 spiro atoms. The largest absolute Gasteiger partial charge is 0.380 e. The minimum Gasteiger partial charge on any atom is -0.380 e. The maximum absolute atomic E-state index is 6.06. The normalized spacial score (nSPS) is 10.7. The molecule has 0 aliphatic heterocycles. The highest BCUT2D eigenvalue weighted by atomic mass is 35.5. The molecule has 1 rings (SSSR count). The van der Waals surface area contributed by atoms with Gasteiger partial charge in [0.2, 0.25) is 0 Å². The van der Waals surface area contributed by atoms with Crippen molar-refractivity contribution in [3.05, 3.63) is 33.8 Å². The van der Waals surface area contributed by atoms with Crippen molar-refractivity contribution in [3.63, 3.8) is 0 Å². The van der Waals surface area contributed by atoms with E-state index in [1.54, 1.807) is 6.07 Å². The van der Waals surface area contributed by atoms with Crippen molar-refractivity contribution >= 4 is 23.2 Å². The number of rotatable bonds is 7. The van der Waals surface area contributed by atoms with Crippen LogP contribution in [-0.4, -0.2) is 26.3 Å². The molecule has 16 heavy (non-hydrogen) atoms. The van der Waals surface area contributed by atoms with Crippen LogP contribution in [0.1, 0.15) is 12.5 Å². The minimum absolute atomic E-state index is 0.679.